The number of sulfonamides is 1. The summed E-state index contributed by atoms with van der Waals surface area (Å²) in [5.41, 5.74) is 2.74. The van der Waals surface area contributed by atoms with Crippen molar-refractivity contribution in [3.05, 3.63) is 59.7 Å². The van der Waals surface area contributed by atoms with Gasteiger partial charge in [0, 0.05) is 37.3 Å². The molecule has 2 fully saturated rings. The van der Waals surface area contributed by atoms with Crippen LogP contribution >= 0.6 is 0 Å². The molecule has 0 aromatic heterocycles. The van der Waals surface area contributed by atoms with Gasteiger partial charge in [-0.15, -0.1) is 0 Å². The number of amides is 1. The highest BCUT2D eigenvalue weighted by Crippen LogP contribution is 2.33. The van der Waals surface area contributed by atoms with E-state index in [-0.39, 0.29) is 16.9 Å². The molecule has 1 atom stereocenters. The van der Waals surface area contributed by atoms with Crippen LogP contribution in [0.3, 0.4) is 0 Å². The van der Waals surface area contributed by atoms with Crippen LogP contribution in [0.2, 0.25) is 0 Å². The number of likely N-dealkylation sites (tertiary alicyclic amines) is 1. The summed E-state index contributed by atoms with van der Waals surface area (Å²) in [5, 5.41) is 3.42. The standard InChI is InChI=1S/C31H45N3O3S/c1-3-4-10-30(26-8-6-5-7-9-26)31(35)32-27-19-21-34(22-20-27)23-25-13-15-28(16-14-25)33-38(36,37)29-17-11-24(2)12-18-29/h11-18,26-27,30,33H,3-10,19-23H2,1-2H3,(H,32,35). The Bertz CT molecular complexity index is 1120. The van der Waals surface area contributed by atoms with E-state index in [2.05, 4.69) is 21.9 Å². The number of benzene rings is 2. The minimum atomic E-state index is -3.60. The maximum absolute atomic E-state index is 13.3. The van der Waals surface area contributed by atoms with Gasteiger partial charge < -0.3 is 5.32 Å². The summed E-state index contributed by atoms with van der Waals surface area (Å²) in [6.07, 6.45) is 11.6. The van der Waals surface area contributed by atoms with Crippen molar-refractivity contribution in [2.45, 2.75) is 95.5 Å². The summed E-state index contributed by atoms with van der Waals surface area (Å²) in [4.78, 5) is 15.9. The first-order valence-electron chi connectivity index (χ1n) is 14.5. The first-order chi connectivity index (χ1) is 18.3. The maximum atomic E-state index is 13.3. The quantitative estimate of drug-likeness (QED) is 0.353. The topological polar surface area (TPSA) is 78.5 Å². The lowest BCUT2D eigenvalue weighted by Crippen LogP contribution is -2.47. The molecule has 6 nitrogen and oxygen atoms in total. The third kappa shape index (κ3) is 8.06. The predicted molar refractivity (Wildman–Crippen MR) is 154 cm³/mol. The number of carbonyl (C=O) groups is 1. The van der Waals surface area contributed by atoms with E-state index in [1.54, 1.807) is 24.3 Å². The zero-order chi connectivity index (χ0) is 27.0. The Hall–Kier alpha value is -2.38. The summed E-state index contributed by atoms with van der Waals surface area (Å²) < 4.78 is 28.0. The SMILES string of the molecule is CCCCC(C(=O)NC1CCN(Cc2ccc(NS(=O)(=O)c3ccc(C)cc3)cc2)CC1)C1CCCCC1. The first-order valence-corrected chi connectivity index (χ1v) is 16.0. The number of rotatable bonds is 11. The molecule has 2 aromatic carbocycles. The van der Waals surface area contributed by atoms with Gasteiger partial charge in [0.25, 0.3) is 10.0 Å². The zero-order valence-electron chi connectivity index (χ0n) is 23.1. The number of carbonyl (C=O) groups excluding carboxylic acids is 1. The molecule has 1 saturated heterocycles. The Morgan fingerprint density at radius 1 is 0.947 bits per heavy atom. The number of unbranched alkanes of at least 4 members (excludes halogenated alkanes) is 1. The van der Waals surface area contributed by atoms with Gasteiger partial charge in [-0.05, 0) is 74.8 Å². The van der Waals surface area contributed by atoms with Crippen LogP contribution in [0, 0.1) is 18.8 Å². The molecular weight excluding hydrogens is 494 g/mol. The highest BCUT2D eigenvalue weighted by atomic mass is 32.2. The molecule has 7 heteroatoms. The molecule has 0 bridgehead atoms. The van der Waals surface area contributed by atoms with Gasteiger partial charge >= 0.3 is 0 Å². The van der Waals surface area contributed by atoms with Crippen LogP contribution in [-0.2, 0) is 21.4 Å². The average molecular weight is 540 g/mol. The smallest absolute Gasteiger partial charge is 0.261 e. The van der Waals surface area contributed by atoms with Gasteiger partial charge in [-0.25, -0.2) is 8.42 Å². The van der Waals surface area contributed by atoms with E-state index < -0.39 is 10.0 Å². The molecule has 208 valence electrons. The molecule has 38 heavy (non-hydrogen) atoms. The Kier molecular flexibility index (Phi) is 10.3. The number of aryl methyl sites for hydroxylation is 1. The minimum Gasteiger partial charge on any atom is -0.353 e. The van der Waals surface area contributed by atoms with E-state index in [1.807, 2.05) is 31.2 Å². The van der Waals surface area contributed by atoms with E-state index in [4.69, 9.17) is 0 Å². The number of piperidine rings is 1. The Balaban J connectivity index is 1.24. The van der Waals surface area contributed by atoms with E-state index in [0.717, 1.165) is 62.9 Å². The number of nitrogens with zero attached hydrogens (tertiary/aromatic N) is 1. The normalized spacial score (nSPS) is 18.7. The lowest BCUT2D eigenvalue weighted by Gasteiger charge is -2.35. The fourth-order valence-corrected chi connectivity index (χ4v) is 7.01. The van der Waals surface area contributed by atoms with Crippen molar-refractivity contribution in [1.82, 2.24) is 10.2 Å². The highest BCUT2D eigenvalue weighted by Gasteiger charge is 2.31. The van der Waals surface area contributed by atoms with Crippen LogP contribution in [0.5, 0.6) is 0 Å². The monoisotopic (exact) mass is 539 g/mol. The summed E-state index contributed by atoms with van der Waals surface area (Å²) in [7, 11) is -3.60. The Morgan fingerprint density at radius 2 is 1.61 bits per heavy atom. The lowest BCUT2D eigenvalue weighted by atomic mass is 9.77. The van der Waals surface area contributed by atoms with Gasteiger partial charge in [0.15, 0.2) is 0 Å². The average Bonchev–Trinajstić information content (AvgIpc) is 2.92. The van der Waals surface area contributed by atoms with Crippen LogP contribution in [0.4, 0.5) is 5.69 Å². The second-order valence-electron chi connectivity index (χ2n) is 11.3. The van der Waals surface area contributed by atoms with Crippen LogP contribution in [0.1, 0.15) is 82.3 Å². The summed E-state index contributed by atoms with van der Waals surface area (Å²) in [5.74, 6) is 1.06. The number of hydrogen-bond donors (Lipinski definition) is 2. The van der Waals surface area contributed by atoms with Crippen molar-refractivity contribution in [2.24, 2.45) is 11.8 Å². The molecule has 2 N–H and O–H groups in total. The summed E-state index contributed by atoms with van der Waals surface area (Å²) in [6.45, 7) is 6.88. The highest BCUT2D eigenvalue weighted by molar-refractivity contribution is 7.92. The van der Waals surface area contributed by atoms with Crippen molar-refractivity contribution < 1.29 is 13.2 Å². The molecular formula is C31H45N3O3S. The van der Waals surface area contributed by atoms with Crippen molar-refractivity contribution in [2.75, 3.05) is 17.8 Å². The number of hydrogen-bond acceptors (Lipinski definition) is 4. The van der Waals surface area contributed by atoms with E-state index in [1.165, 1.54) is 32.1 Å². The fourth-order valence-electron chi connectivity index (χ4n) is 5.95. The molecule has 1 saturated carbocycles. The second kappa shape index (κ2) is 13.6. The van der Waals surface area contributed by atoms with Crippen molar-refractivity contribution in [3.8, 4) is 0 Å². The third-order valence-corrected chi connectivity index (χ3v) is 9.70. The first kappa shape index (κ1) is 28.6. The van der Waals surface area contributed by atoms with Crippen LogP contribution in [0.25, 0.3) is 0 Å². The summed E-state index contributed by atoms with van der Waals surface area (Å²) >= 11 is 0. The molecule has 1 amide bonds. The van der Waals surface area contributed by atoms with Crippen LogP contribution < -0.4 is 10.0 Å². The van der Waals surface area contributed by atoms with Gasteiger partial charge in [-0.1, -0.05) is 68.9 Å². The Labute approximate surface area is 229 Å². The van der Waals surface area contributed by atoms with Crippen molar-refractivity contribution in [1.29, 1.82) is 0 Å². The predicted octanol–water partition coefficient (Wildman–Crippen LogP) is 6.26. The number of nitrogens with one attached hydrogen (secondary N) is 2. The molecule has 0 radical (unpaired) electrons. The van der Waals surface area contributed by atoms with Gasteiger partial charge in [0.1, 0.15) is 0 Å². The van der Waals surface area contributed by atoms with Crippen molar-refractivity contribution in [3.63, 3.8) is 0 Å². The van der Waals surface area contributed by atoms with E-state index in [9.17, 15) is 13.2 Å². The zero-order valence-corrected chi connectivity index (χ0v) is 23.9. The largest absolute Gasteiger partial charge is 0.353 e. The van der Waals surface area contributed by atoms with Gasteiger partial charge in [0.2, 0.25) is 5.91 Å². The molecule has 2 aliphatic rings. The molecule has 4 rings (SSSR count). The van der Waals surface area contributed by atoms with E-state index >= 15 is 0 Å². The molecule has 1 aliphatic carbocycles. The fraction of sp³-hybridized carbons (Fsp3) is 0.581. The summed E-state index contributed by atoms with van der Waals surface area (Å²) in [6, 6.07) is 14.8. The van der Waals surface area contributed by atoms with E-state index in [0.29, 0.717) is 17.5 Å². The lowest BCUT2D eigenvalue weighted by molar-refractivity contribution is -0.128. The minimum absolute atomic E-state index is 0.190. The second-order valence-corrected chi connectivity index (χ2v) is 13.0. The van der Waals surface area contributed by atoms with Gasteiger partial charge in [-0.2, -0.15) is 0 Å². The van der Waals surface area contributed by atoms with Gasteiger partial charge in [0.05, 0.1) is 4.90 Å². The molecule has 2 aromatic rings. The number of anilines is 1. The van der Waals surface area contributed by atoms with Gasteiger partial charge in [-0.3, -0.25) is 14.4 Å². The van der Waals surface area contributed by atoms with Crippen LogP contribution in [-0.4, -0.2) is 38.4 Å². The molecule has 1 heterocycles. The van der Waals surface area contributed by atoms with Crippen molar-refractivity contribution >= 4 is 21.6 Å². The van der Waals surface area contributed by atoms with Crippen LogP contribution in [0.15, 0.2) is 53.4 Å². The molecule has 1 unspecified atom stereocenters. The molecule has 0 spiro atoms. The third-order valence-electron chi connectivity index (χ3n) is 8.30. The molecule has 1 aliphatic heterocycles. The Morgan fingerprint density at radius 3 is 2.24 bits per heavy atom. The maximum Gasteiger partial charge on any atom is 0.261 e.